The molecule has 0 unspecified atom stereocenters. The Balaban J connectivity index is 1.88. The van der Waals surface area contributed by atoms with Crippen LogP contribution in [0, 0.1) is 11.7 Å². The second-order valence-corrected chi connectivity index (χ2v) is 5.03. The summed E-state index contributed by atoms with van der Waals surface area (Å²) in [7, 11) is 0. The van der Waals surface area contributed by atoms with Crippen LogP contribution in [0.25, 0.3) is 0 Å². The Morgan fingerprint density at radius 1 is 1.35 bits per heavy atom. The quantitative estimate of drug-likeness (QED) is 0.842. The summed E-state index contributed by atoms with van der Waals surface area (Å²) in [6, 6.07) is 4.66. The van der Waals surface area contributed by atoms with Gasteiger partial charge in [-0.1, -0.05) is 12.8 Å². The van der Waals surface area contributed by atoms with E-state index in [1.165, 1.54) is 31.7 Å². The number of halogens is 1. The van der Waals surface area contributed by atoms with Gasteiger partial charge in [0, 0.05) is 18.7 Å². The molecule has 0 aromatic heterocycles. The van der Waals surface area contributed by atoms with Crippen LogP contribution in [-0.4, -0.2) is 11.1 Å². The van der Waals surface area contributed by atoms with Crippen molar-refractivity contribution in [3.05, 3.63) is 29.6 Å². The van der Waals surface area contributed by atoms with E-state index in [2.05, 4.69) is 12.2 Å². The number of rotatable bonds is 4. The lowest BCUT2D eigenvalue weighted by atomic mass is 9.99. The van der Waals surface area contributed by atoms with Gasteiger partial charge in [-0.3, -0.25) is 0 Å². The number of hydrogen-bond donors (Lipinski definition) is 2. The third-order valence-electron chi connectivity index (χ3n) is 3.68. The van der Waals surface area contributed by atoms with E-state index in [4.69, 9.17) is 0 Å². The molecule has 0 amide bonds. The highest BCUT2D eigenvalue weighted by atomic mass is 19.1. The van der Waals surface area contributed by atoms with E-state index < -0.39 is 0 Å². The normalized spacial score (nSPS) is 18.5. The summed E-state index contributed by atoms with van der Waals surface area (Å²) < 4.78 is 13.1. The van der Waals surface area contributed by atoms with Crippen LogP contribution in [0.15, 0.2) is 18.2 Å². The minimum Gasteiger partial charge on any atom is -0.508 e. The fourth-order valence-corrected chi connectivity index (χ4v) is 2.64. The molecule has 1 aromatic carbocycles. The van der Waals surface area contributed by atoms with Gasteiger partial charge in [0.2, 0.25) is 0 Å². The standard InChI is InChI=1S/C14H20FNO/c1-10(12-4-2-3-5-12)16-9-11-6-13(15)8-14(17)7-11/h6-8,10,12,16-17H,2-5,9H2,1H3/t10-/m0/s1. The van der Waals surface area contributed by atoms with Crippen LogP contribution in [-0.2, 0) is 6.54 Å². The molecule has 1 atom stereocenters. The van der Waals surface area contributed by atoms with Gasteiger partial charge >= 0.3 is 0 Å². The zero-order valence-electron chi connectivity index (χ0n) is 10.2. The lowest BCUT2D eigenvalue weighted by Crippen LogP contribution is -2.31. The molecule has 3 heteroatoms. The number of nitrogens with one attached hydrogen (secondary N) is 1. The molecule has 2 nitrogen and oxygen atoms in total. The largest absolute Gasteiger partial charge is 0.508 e. The van der Waals surface area contributed by atoms with Crippen molar-refractivity contribution in [3.63, 3.8) is 0 Å². The van der Waals surface area contributed by atoms with E-state index in [9.17, 15) is 9.50 Å². The van der Waals surface area contributed by atoms with Crippen molar-refractivity contribution in [2.24, 2.45) is 5.92 Å². The Morgan fingerprint density at radius 3 is 2.71 bits per heavy atom. The van der Waals surface area contributed by atoms with Crippen LogP contribution >= 0.6 is 0 Å². The van der Waals surface area contributed by atoms with Crippen LogP contribution in [0.5, 0.6) is 5.75 Å². The molecular weight excluding hydrogens is 217 g/mol. The first-order valence-electron chi connectivity index (χ1n) is 6.37. The van der Waals surface area contributed by atoms with Crippen LogP contribution in [0.4, 0.5) is 4.39 Å². The molecule has 0 saturated heterocycles. The SMILES string of the molecule is C[C@H](NCc1cc(O)cc(F)c1)C1CCCC1. The van der Waals surface area contributed by atoms with Gasteiger partial charge in [0.05, 0.1) is 0 Å². The molecular formula is C14H20FNO. The number of phenolic OH excluding ortho intramolecular Hbond substituents is 1. The average molecular weight is 237 g/mol. The van der Waals surface area contributed by atoms with Crippen LogP contribution in [0.2, 0.25) is 0 Å². The van der Waals surface area contributed by atoms with E-state index in [0.717, 1.165) is 17.5 Å². The van der Waals surface area contributed by atoms with Crippen LogP contribution in [0.1, 0.15) is 38.2 Å². The highest BCUT2D eigenvalue weighted by molar-refractivity contribution is 5.28. The highest BCUT2D eigenvalue weighted by Gasteiger charge is 2.20. The van der Waals surface area contributed by atoms with Gasteiger partial charge in [-0.2, -0.15) is 0 Å². The van der Waals surface area contributed by atoms with Crippen molar-refractivity contribution >= 4 is 0 Å². The van der Waals surface area contributed by atoms with Gasteiger partial charge in [0.1, 0.15) is 11.6 Å². The predicted molar refractivity (Wildman–Crippen MR) is 66.3 cm³/mol. The van der Waals surface area contributed by atoms with Crippen molar-refractivity contribution in [2.75, 3.05) is 0 Å². The topological polar surface area (TPSA) is 32.3 Å². The molecule has 0 radical (unpaired) electrons. The van der Waals surface area contributed by atoms with Crippen molar-refractivity contribution in [1.82, 2.24) is 5.32 Å². The molecule has 1 aliphatic rings. The first-order valence-corrected chi connectivity index (χ1v) is 6.37. The van der Waals surface area contributed by atoms with E-state index in [0.29, 0.717) is 12.6 Å². The minimum absolute atomic E-state index is 0.00433. The molecule has 1 aliphatic carbocycles. The molecule has 0 aliphatic heterocycles. The Morgan fingerprint density at radius 2 is 2.06 bits per heavy atom. The molecule has 2 N–H and O–H groups in total. The average Bonchev–Trinajstić information content (AvgIpc) is 2.78. The molecule has 1 aromatic rings. The molecule has 0 spiro atoms. The monoisotopic (exact) mass is 237 g/mol. The number of phenols is 1. The molecule has 1 fully saturated rings. The van der Waals surface area contributed by atoms with Gasteiger partial charge in [-0.25, -0.2) is 4.39 Å². The molecule has 2 rings (SSSR count). The summed E-state index contributed by atoms with van der Waals surface area (Å²) >= 11 is 0. The van der Waals surface area contributed by atoms with E-state index in [1.807, 2.05) is 0 Å². The summed E-state index contributed by atoms with van der Waals surface area (Å²) in [5.41, 5.74) is 0.798. The Bertz CT molecular complexity index is 354. The zero-order chi connectivity index (χ0) is 12.3. The predicted octanol–water partition coefficient (Wildman–Crippen LogP) is 3.20. The molecule has 94 valence electrons. The van der Waals surface area contributed by atoms with Crippen molar-refractivity contribution in [2.45, 2.75) is 45.2 Å². The fraction of sp³-hybridized carbons (Fsp3) is 0.571. The Labute approximate surface area is 102 Å². The van der Waals surface area contributed by atoms with Gasteiger partial charge in [0.25, 0.3) is 0 Å². The van der Waals surface area contributed by atoms with Gasteiger partial charge in [0.15, 0.2) is 0 Å². The van der Waals surface area contributed by atoms with E-state index in [-0.39, 0.29) is 11.6 Å². The lowest BCUT2D eigenvalue weighted by molar-refractivity contribution is 0.379. The summed E-state index contributed by atoms with van der Waals surface area (Å²) in [5, 5.41) is 12.7. The summed E-state index contributed by atoms with van der Waals surface area (Å²) in [6.07, 6.45) is 5.25. The molecule has 17 heavy (non-hydrogen) atoms. The second-order valence-electron chi connectivity index (χ2n) is 5.03. The summed E-state index contributed by atoms with van der Waals surface area (Å²) in [5.74, 6) is 0.364. The fourth-order valence-electron chi connectivity index (χ4n) is 2.64. The maximum absolute atomic E-state index is 13.1. The Hall–Kier alpha value is -1.09. The third-order valence-corrected chi connectivity index (χ3v) is 3.68. The number of benzene rings is 1. The van der Waals surface area contributed by atoms with Crippen LogP contribution < -0.4 is 5.32 Å². The first kappa shape index (κ1) is 12.4. The maximum atomic E-state index is 13.1. The second kappa shape index (κ2) is 5.50. The number of hydrogen-bond acceptors (Lipinski definition) is 2. The van der Waals surface area contributed by atoms with Gasteiger partial charge < -0.3 is 10.4 Å². The molecule has 1 saturated carbocycles. The van der Waals surface area contributed by atoms with E-state index >= 15 is 0 Å². The van der Waals surface area contributed by atoms with Gasteiger partial charge in [-0.05, 0) is 43.4 Å². The molecule has 0 heterocycles. The summed E-state index contributed by atoms with van der Waals surface area (Å²) in [4.78, 5) is 0. The molecule has 0 bridgehead atoms. The van der Waals surface area contributed by atoms with Crippen molar-refractivity contribution < 1.29 is 9.50 Å². The van der Waals surface area contributed by atoms with Crippen molar-refractivity contribution in [3.8, 4) is 5.75 Å². The summed E-state index contributed by atoms with van der Waals surface area (Å²) in [6.45, 7) is 2.80. The zero-order valence-corrected chi connectivity index (χ0v) is 10.2. The minimum atomic E-state index is -0.379. The van der Waals surface area contributed by atoms with Crippen molar-refractivity contribution in [1.29, 1.82) is 0 Å². The number of aromatic hydroxyl groups is 1. The smallest absolute Gasteiger partial charge is 0.127 e. The van der Waals surface area contributed by atoms with E-state index in [1.54, 1.807) is 6.07 Å². The first-order chi connectivity index (χ1) is 8.15. The maximum Gasteiger partial charge on any atom is 0.127 e. The van der Waals surface area contributed by atoms with Gasteiger partial charge in [-0.15, -0.1) is 0 Å². The third kappa shape index (κ3) is 3.43. The Kier molecular flexibility index (Phi) is 4.00. The lowest BCUT2D eigenvalue weighted by Gasteiger charge is -2.20. The van der Waals surface area contributed by atoms with Crippen LogP contribution in [0.3, 0.4) is 0 Å². The highest BCUT2D eigenvalue weighted by Crippen LogP contribution is 2.27.